The third-order valence-corrected chi connectivity index (χ3v) is 5.45. The van der Waals surface area contributed by atoms with Gasteiger partial charge in [-0.25, -0.2) is 0 Å². The fourth-order valence-corrected chi connectivity index (χ4v) is 3.63. The fraction of sp³-hybridized carbons (Fsp3) is 0.706. The van der Waals surface area contributed by atoms with Crippen LogP contribution in [0.1, 0.15) is 63.2 Å². The topological polar surface area (TPSA) is 24.9 Å². The predicted molar refractivity (Wildman–Crippen MR) is 81.3 cm³/mol. The molecule has 1 aromatic heterocycles. The molecule has 0 aliphatic heterocycles. The molecule has 1 saturated carbocycles. The van der Waals surface area contributed by atoms with E-state index in [-0.39, 0.29) is 0 Å². The Balaban J connectivity index is 2.21. The lowest BCUT2D eigenvalue weighted by Crippen LogP contribution is -2.27. The zero-order valence-corrected chi connectivity index (χ0v) is 13.7. The summed E-state index contributed by atoms with van der Waals surface area (Å²) in [5.41, 5.74) is 5.74. The van der Waals surface area contributed by atoms with Crippen molar-refractivity contribution in [2.24, 2.45) is 10.8 Å². The van der Waals surface area contributed by atoms with E-state index in [1.807, 2.05) is 0 Å². The highest BCUT2D eigenvalue weighted by molar-refractivity contribution is 5.34. The second-order valence-electron chi connectivity index (χ2n) is 7.34. The first-order chi connectivity index (χ1) is 8.59. The van der Waals surface area contributed by atoms with E-state index in [2.05, 4.69) is 71.8 Å². The second-order valence-corrected chi connectivity index (χ2v) is 7.34. The molecule has 2 rings (SSSR count). The van der Waals surface area contributed by atoms with Crippen molar-refractivity contribution in [2.75, 3.05) is 0 Å². The lowest BCUT2D eigenvalue weighted by Gasteiger charge is -2.20. The Hall–Kier alpha value is -0.890. The summed E-state index contributed by atoms with van der Waals surface area (Å²) in [7, 11) is 0. The van der Waals surface area contributed by atoms with Crippen LogP contribution in [0.25, 0.3) is 0 Å². The van der Waals surface area contributed by atoms with Gasteiger partial charge >= 0.3 is 0 Å². The summed E-state index contributed by atoms with van der Waals surface area (Å²) >= 11 is 0. The highest BCUT2D eigenvalue weighted by atomic mass is 15.1. The number of aromatic nitrogens is 1. The van der Waals surface area contributed by atoms with Crippen LogP contribution in [0.15, 0.2) is 6.07 Å². The van der Waals surface area contributed by atoms with Gasteiger partial charge in [-0.1, -0.05) is 27.7 Å². The van der Waals surface area contributed by atoms with Gasteiger partial charge in [-0.15, -0.1) is 0 Å². The largest absolute Gasteiger partial charge is 0.306 e. The quantitative estimate of drug-likeness (QED) is 0.885. The minimum absolute atomic E-state index is 0.360. The summed E-state index contributed by atoms with van der Waals surface area (Å²) in [5.74, 6) is 0. The molecule has 1 N–H and O–H groups in total. The van der Waals surface area contributed by atoms with Crippen LogP contribution in [-0.2, 0) is 0 Å². The normalized spacial score (nSPS) is 22.3. The van der Waals surface area contributed by atoms with Crippen molar-refractivity contribution in [3.05, 3.63) is 28.6 Å². The summed E-state index contributed by atoms with van der Waals surface area (Å²) in [6.07, 6.45) is 0. The van der Waals surface area contributed by atoms with Gasteiger partial charge in [-0.2, -0.15) is 0 Å². The molecule has 0 aromatic carbocycles. The number of hydrogen-bond donors (Lipinski definition) is 1. The van der Waals surface area contributed by atoms with Crippen molar-refractivity contribution in [1.82, 2.24) is 10.3 Å². The third-order valence-electron chi connectivity index (χ3n) is 5.45. The number of pyridine rings is 1. The van der Waals surface area contributed by atoms with E-state index in [9.17, 15) is 0 Å². The highest BCUT2D eigenvalue weighted by Gasteiger charge is 2.64. The van der Waals surface area contributed by atoms with Crippen LogP contribution in [0.3, 0.4) is 0 Å². The van der Waals surface area contributed by atoms with Gasteiger partial charge in [0.1, 0.15) is 0 Å². The van der Waals surface area contributed by atoms with Crippen molar-refractivity contribution in [1.29, 1.82) is 0 Å². The van der Waals surface area contributed by atoms with Gasteiger partial charge in [0.25, 0.3) is 0 Å². The molecule has 0 amide bonds. The Morgan fingerprint density at radius 2 is 1.63 bits per heavy atom. The van der Waals surface area contributed by atoms with E-state index < -0.39 is 0 Å². The second kappa shape index (κ2) is 4.31. The minimum Gasteiger partial charge on any atom is -0.306 e. The summed E-state index contributed by atoms with van der Waals surface area (Å²) in [4.78, 5) is 4.62. The van der Waals surface area contributed by atoms with Gasteiger partial charge in [0.05, 0.1) is 0 Å². The highest BCUT2D eigenvalue weighted by Crippen LogP contribution is 2.63. The maximum Gasteiger partial charge on any atom is 0.0426 e. The van der Waals surface area contributed by atoms with Crippen molar-refractivity contribution < 1.29 is 0 Å². The molecule has 1 aliphatic carbocycles. The van der Waals surface area contributed by atoms with Gasteiger partial charge < -0.3 is 5.32 Å². The van der Waals surface area contributed by atoms with E-state index in [0.717, 1.165) is 11.4 Å². The van der Waals surface area contributed by atoms with Crippen molar-refractivity contribution in [3.63, 3.8) is 0 Å². The Bertz CT molecular complexity index is 463. The zero-order valence-electron chi connectivity index (χ0n) is 13.7. The molecule has 1 aliphatic rings. The first-order valence-corrected chi connectivity index (χ1v) is 7.30. The lowest BCUT2D eigenvalue weighted by molar-refractivity contribution is 0.457. The van der Waals surface area contributed by atoms with Crippen LogP contribution in [0.2, 0.25) is 0 Å². The van der Waals surface area contributed by atoms with Gasteiger partial charge in [0.2, 0.25) is 0 Å². The molecule has 1 atom stereocenters. The number of rotatable bonds is 3. The average Bonchev–Trinajstić information content (AvgIpc) is 2.59. The molecular formula is C17H28N2. The Morgan fingerprint density at radius 1 is 1.11 bits per heavy atom. The third kappa shape index (κ3) is 2.20. The molecule has 0 saturated heterocycles. The Kier molecular flexibility index (Phi) is 3.29. The first kappa shape index (κ1) is 14.5. The van der Waals surface area contributed by atoms with E-state index in [4.69, 9.17) is 0 Å². The summed E-state index contributed by atoms with van der Waals surface area (Å²) in [6, 6.07) is 3.12. The SMILES string of the molecule is Cc1cc(C)c(C(C)NC2C(C)(C)C2(C)C)c(C)n1. The zero-order chi connectivity index (χ0) is 14.6. The van der Waals surface area contributed by atoms with E-state index in [1.165, 1.54) is 11.1 Å². The Labute approximate surface area is 118 Å². The van der Waals surface area contributed by atoms with Crippen LogP contribution in [0.5, 0.6) is 0 Å². The van der Waals surface area contributed by atoms with Crippen molar-refractivity contribution >= 4 is 0 Å². The Morgan fingerprint density at radius 3 is 2.05 bits per heavy atom. The van der Waals surface area contributed by atoms with Gasteiger partial charge in [-0.05, 0) is 55.7 Å². The molecule has 106 valence electrons. The van der Waals surface area contributed by atoms with Crippen LogP contribution >= 0.6 is 0 Å². The average molecular weight is 260 g/mol. The molecule has 1 fully saturated rings. The molecule has 1 unspecified atom stereocenters. The van der Waals surface area contributed by atoms with Gasteiger partial charge in [0, 0.05) is 23.5 Å². The molecule has 2 heteroatoms. The molecule has 1 aromatic rings. The number of aryl methyl sites for hydroxylation is 3. The van der Waals surface area contributed by atoms with E-state index >= 15 is 0 Å². The molecule has 2 nitrogen and oxygen atoms in total. The number of nitrogens with zero attached hydrogens (tertiary/aromatic N) is 1. The van der Waals surface area contributed by atoms with E-state index in [0.29, 0.717) is 22.9 Å². The van der Waals surface area contributed by atoms with E-state index in [1.54, 1.807) is 0 Å². The molecule has 19 heavy (non-hydrogen) atoms. The van der Waals surface area contributed by atoms with Crippen LogP contribution in [0, 0.1) is 31.6 Å². The fourth-order valence-electron chi connectivity index (χ4n) is 3.63. The molecule has 0 bridgehead atoms. The standard InChI is InChI=1S/C17H28N2/c1-10-9-11(2)18-12(3)14(10)13(4)19-15-16(5,6)17(15,7)8/h9,13,15,19H,1-8H3. The van der Waals surface area contributed by atoms with Crippen LogP contribution in [-0.4, -0.2) is 11.0 Å². The maximum absolute atomic E-state index is 4.62. The molecule has 0 spiro atoms. The number of nitrogens with one attached hydrogen (secondary N) is 1. The van der Waals surface area contributed by atoms with Crippen molar-refractivity contribution in [3.8, 4) is 0 Å². The monoisotopic (exact) mass is 260 g/mol. The van der Waals surface area contributed by atoms with Crippen molar-refractivity contribution in [2.45, 2.75) is 67.5 Å². The maximum atomic E-state index is 4.62. The van der Waals surface area contributed by atoms with Crippen LogP contribution in [0.4, 0.5) is 0 Å². The molecule has 0 radical (unpaired) electrons. The molecule has 1 heterocycles. The summed E-state index contributed by atoms with van der Waals surface area (Å²) < 4.78 is 0. The van der Waals surface area contributed by atoms with Crippen LogP contribution < -0.4 is 5.32 Å². The predicted octanol–water partition coefficient (Wildman–Crippen LogP) is 4.09. The lowest BCUT2D eigenvalue weighted by atomic mass is 10.00. The van der Waals surface area contributed by atoms with Gasteiger partial charge in [-0.3, -0.25) is 4.98 Å². The summed E-state index contributed by atoms with van der Waals surface area (Å²) in [5, 5.41) is 3.81. The summed E-state index contributed by atoms with van der Waals surface area (Å²) in [6.45, 7) is 18.0. The first-order valence-electron chi connectivity index (χ1n) is 7.30. The number of hydrogen-bond acceptors (Lipinski definition) is 2. The smallest absolute Gasteiger partial charge is 0.0426 e. The van der Waals surface area contributed by atoms with Gasteiger partial charge in [0.15, 0.2) is 0 Å². The molecular weight excluding hydrogens is 232 g/mol. The minimum atomic E-state index is 0.360.